The van der Waals surface area contributed by atoms with Gasteiger partial charge in [0.2, 0.25) is 0 Å². The summed E-state index contributed by atoms with van der Waals surface area (Å²) in [5, 5.41) is 8.66. The van der Waals surface area contributed by atoms with Crippen LogP contribution >= 0.6 is 0 Å². The van der Waals surface area contributed by atoms with Crippen molar-refractivity contribution < 1.29 is 19.4 Å². The van der Waals surface area contributed by atoms with E-state index in [4.69, 9.17) is 9.84 Å². The minimum Gasteiger partial charge on any atom is -0.481 e. The van der Waals surface area contributed by atoms with Gasteiger partial charge in [0.05, 0.1) is 0 Å². The number of carboxylic acids is 1. The minimum absolute atomic E-state index is 0.0526. The SMILES string of the molecule is CC/C=C\C/C=C\C/C=C\C/C=C\C/C=C\CCCC(=O)OC(CCC)CCCCCCCCCC(=O)O. The fourth-order valence-corrected chi connectivity index (χ4v) is 4.09. The second kappa shape index (κ2) is 29.2. The summed E-state index contributed by atoms with van der Waals surface area (Å²) in [6, 6.07) is 0. The Hall–Kier alpha value is -2.36. The van der Waals surface area contributed by atoms with Gasteiger partial charge < -0.3 is 9.84 Å². The summed E-state index contributed by atoms with van der Waals surface area (Å²) >= 11 is 0. The number of carbonyl (C=O) groups excluding carboxylic acids is 1. The molecule has 0 aromatic carbocycles. The Labute approximate surface area is 234 Å². The van der Waals surface area contributed by atoms with Crippen molar-refractivity contribution >= 4 is 11.9 Å². The van der Waals surface area contributed by atoms with Crippen LogP contribution in [0.25, 0.3) is 0 Å². The molecule has 0 aromatic rings. The fraction of sp³-hybridized carbons (Fsp3) is 0.647. The summed E-state index contributed by atoms with van der Waals surface area (Å²) in [4.78, 5) is 22.8. The van der Waals surface area contributed by atoms with Gasteiger partial charge in [-0.3, -0.25) is 9.59 Å². The lowest BCUT2D eigenvalue weighted by atomic mass is 10.0. The number of ether oxygens (including phenoxy) is 1. The molecule has 0 aromatic heterocycles. The van der Waals surface area contributed by atoms with Crippen LogP contribution < -0.4 is 0 Å². The highest BCUT2D eigenvalue weighted by Gasteiger charge is 2.13. The lowest BCUT2D eigenvalue weighted by Gasteiger charge is -2.17. The van der Waals surface area contributed by atoms with Crippen LogP contribution in [-0.2, 0) is 14.3 Å². The average Bonchev–Trinajstić information content (AvgIpc) is 2.89. The number of hydrogen-bond acceptors (Lipinski definition) is 3. The van der Waals surface area contributed by atoms with Crippen molar-refractivity contribution in [2.75, 3.05) is 0 Å². The maximum Gasteiger partial charge on any atom is 0.306 e. The van der Waals surface area contributed by atoms with E-state index in [9.17, 15) is 9.59 Å². The summed E-state index contributed by atoms with van der Waals surface area (Å²) in [6.07, 6.45) is 39.9. The number of carbonyl (C=O) groups is 2. The van der Waals surface area contributed by atoms with E-state index in [0.717, 1.165) is 103 Å². The number of hydrogen-bond donors (Lipinski definition) is 1. The van der Waals surface area contributed by atoms with E-state index in [0.29, 0.717) is 6.42 Å². The molecule has 0 aliphatic carbocycles. The Morgan fingerprint density at radius 1 is 0.605 bits per heavy atom. The van der Waals surface area contributed by atoms with Gasteiger partial charge in [-0.25, -0.2) is 0 Å². The van der Waals surface area contributed by atoms with Crippen LogP contribution in [0.5, 0.6) is 0 Å². The molecule has 0 spiro atoms. The van der Waals surface area contributed by atoms with Gasteiger partial charge in [0, 0.05) is 12.8 Å². The molecule has 1 N–H and O–H groups in total. The lowest BCUT2D eigenvalue weighted by Crippen LogP contribution is -2.18. The van der Waals surface area contributed by atoms with E-state index in [1.807, 2.05) is 0 Å². The first kappa shape index (κ1) is 35.6. The van der Waals surface area contributed by atoms with Crippen LogP contribution in [0.3, 0.4) is 0 Å². The molecular weight excluding hydrogens is 472 g/mol. The third-order valence-electron chi connectivity index (χ3n) is 6.23. The van der Waals surface area contributed by atoms with E-state index in [1.165, 1.54) is 6.42 Å². The van der Waals surface area contributed by atoms with Gasteiger partial charge in [-0.15, -0.1) is 0 Å². The normalized spacial score (nSPS) is 13.1. The predicted octanol–water partition coefficient (Wildman–Crippen LogP) is 10.2. The fourth-order valence-electron chi connectivity index (χ4n) is 4.09. The molecule has 216 valence electrons. The molecule has 0 fully saturated rings. The second-order valence-electron chi connectivity index (χ2n) is 9.91. The first-order valence-electron chi connectivity index (χ1n) is 15.3. The van der Waals surface area contributed by atoms with Crippen LogP contribution in [0.1, 0.15) is 136 Å². The topological polar surface area (TPSA) is 63.6 Å². The Balaban J connectivity index is 3.77. The molecule has 4 heteroatoms. The van der Waals surface area contributed by atoms with Crippen molar-refractivity contribution in [1.82, 2.24) is 0 Å². The summed E-state index contributed by atoms with van der Waals surface area (Å²) in [5.41, 5.74) is 0. The van der Waals surface area contributed by atoms with E-state index < -0.39 is 5.97 Å². The molecule has 0 aliphatic rings. The molecule has 0 rings (SSSR count). The van der Waals surface area contributed by atoms with E-state index in [-0.39, 0.29) is 18.5 Å². The Bertz CT molecular complexity index is 699. The Kier molecular flexibility index (Phi) is 27.4. The third kappa shape index (κ3) is 28.2. The standard InChI is InChI=1S/C34H56O4/c1-3-5-6-7-8-9-10-11-12-13-14-15-16-17-21-24-27-31-34(37)38-32(28-4-2)29-25-22-19-18-20-23-26-30-33(35)36/h5-6,8-9,11-12,14-15,17,21,32H,3-4,7,10,13,16,18-20,22-31H2,1-2H3,(H,35,36)/b6-5-,9-8-,12-11-,15-14-,21-17-. The zero-order valence-corrected chi connectivity index (χ0v) is 24.5. The summed E-state index contributed by atoms with van der Waals surface area (Å²) < 4.78 is 5.76. The van der Waals surface area contributed by atoms with Crippen LogP contribution in [-0.4, -0.2) is 23.1 Å². The molecule has 0 aliphatic heterocycles. The molecule has 38 heavy (non-hydrogen) atoms. The smallest absolute Gasteiger partial charge is 0.306 e. The largest absolute Gasteiger partial charge is 0.481 e. The third-order valence-corrected chi connectivity index (χ3v) is 6.23. The van der Waals surface area contributed by atoms with Crippen LogP contribution in [0, 0.1) is 0 Å². The number of allylic oxidation sites excluding steroid dienone is 10. The zero-order valence-electron chi connectivity index (χ0n) is 24.5. The van der Waals surface area contributed by atoms with Crippen LogP contribution in [0.4, 0.5) is 0 Å². The van der Waals surface area contributed by atoms with Gasteiger partial charge in [-0.2, -0.15) is 0 Å². The molecule has 0 saturated carbocycles. The quantitative estimate of drug-likeness (QED) is 0.0689. The first-order valence-corrected chi connectivity index (χ1v) is 15.3. The van der Waals surface area contributed by atoms with Crippen molar-refractivity contribution in [3.63, 3.8) is 0 Å². The van der Waals surface area contributed by atoms with Gasteiger partial charge in [0.25, 0.3) is 0 Å². The van der Waals surface area contributed by atoms with Gasteiger partial charge in [0.1, 0.15) is 6.10 Å². The molecule has 0 bridgehead atoms. The zero-order chi connectivity index (χ0) is 27.9. The van der Waals surface area contributed by atoms with Gasteiger partial charge >= 0.3 is 11.9 Å². The second-order valence-corrected chi connectivity index (χ2v) is 9.91. The summed E-state index contributed by atoms with van der Waals surface area (Å²) in [5.74, 6) is -0.759. The summed E-state index contributed by atoms with van der Waals surface area (Å²) in [7, 11) is 0. The first-order chi connectivity index (χ1) is 18.6. The number of carboxylic acid groups (broad SMARTS) is 1. The highest BCUT2D eigenvalue weighted by molar-refractivity contribution is 5.69. The predicted molar refractivity (Wildman–Crippen MR) is 162 cm³/mol. The molecule has 0 saturated heterocycles. The monoisotopic (exact) mass is 528 g/mol. The highest BCUT2D eigenvalue weighted by Crippen LogP contribution is 2.16. The lowest BCUT2D eigenvalue weighted by molar-refractivity contribution is -0.150. The highest BCUT2D eigenvalue weighted by atomic mass is 16.5. The van der Waals surface area contributed by atoms with Crippen LogP contribution in [0.15, 0.2) is 60.8 Å². The van der Waals surface area contributed by atoms with E-state index in [2.05, 4.69) is 74.6 Å². The molecule has 1 atom stereocenters. The van der Waals surface area contributed by atoms with Crippen molar-refractivity contribution in [2.45, 2.75) is 142 Å². The number of rotatable bonds is 26. The van der Waals surface area contributed by atoms with E-state index in [1.54, 1.807) is 0 Å². The molecule has 4 nitrogen and oxygen atoms in total. The molecular formula is C34H56O4. The van der Waals surface area contributed by atoms with E-state index >= 15 is 0 Å². The van der Waals surface area contributed by atoms with Crippen LogP contribution in [0.2, 0.25) is 0 Å². The van der Waals surface area contributed by atoms with Crippen molar-refractivity contribution in [1.29, 1.82) is 0 Å². The van der Waals surface area contributed by atoms with Gasteiger partial charge in [-0.05, 0) is 70.6 Å². The molecule has 0 heterocycles. The Morgan fingerprint density at radius 2 is 1.11 bits per heavy atom. The average molecular weight is 529 g/mol. The van der Waals surface area contributed by atoms with Gasteiger partial charge in [0.15, 0.2) is 0 Å². The molecule has 0 radical (unpaired) electrons. The number of aliphatic carboxylic acids is 1. The maximum absolute atomic E-state index is 12.3. The summed E-state index contributed by atoms with van der Waals surface area (Å²) in [6.45, 7) is 4.29. The maximum atomic E-state index is 12.3. The number of unbranched alkanes of at least 4 members (excludes halogenated alkanes) is 7. The van der Waals surface area contributed by atoms with Crippen molar-refractivity contribution in [2.24, 2.45) is 0 Å². The van der Waals surface area contributed by atoms with Gasteiger partial charge in [-0.1, -0.05) is 113 Å². The Morgan fingerprint density at radius 3 is 1.63 bits per heavy atom. The molecule has 0 amide bonds. The number of esters is 1. The van der Waals surface area contributed by atoms with Crippen molar-refractivity contribution in [3.8, 4) is 0 Å². The van der Waals surface area contributed by atoms with Crippen molar-refractivity contribution in [3.05, 3.63) is 60.8 Å². The minimum atomic E-state index is -0.698. The molecule has 1 unspecified atom stereocenters.